The van der Waals surface area contributed by atoms with Crippen LogP contribution in [0.5, 0.6) is 5.75 Å². The van der Waals surface area contributed by atoms with Gasteiger partial charge >= 0.3 is 0 Å². The molecule has 116 valence electrons. The van der Waals surface area contributed by atoms with E-state index >= 15 is 0 Å². The van der Waals surface area contributed by atoms with Crippen molar-refractivity contribution in [1.29, 1.82) is 5.26 Å². The molecule has 0 amide bonds. The maximum Gasteiger partial charge on any atom is 0.194 e. The summed E-state index contributed by atoms with van der Waals surface area (Å²) >= 11 is 1.76. The van der Waals surface area contributed by atoms with Gasteiger partial charge < -0.3 is 4.74 Å². The molecule has 1 aromatic carbocycles. The van der Waals surface area contributed by atoms with Gasteiger partial charge in [-0.2, -0.15) is 5.26 Å². The van der Waals surface area contributed by atoms with Crippen molar-refractivity contribution in [2.75, 3.05) is 6.61 Å². The van der Waals surface area contributed by atoms with Crippen LogP contribution in [0.4, 0.5) is 0 Å². The van der Waals surface area contributed by atoms with E-state index in [0.717, 1.165) is 40.5 Å². The molecule has 0 aliphatic heterocycles. The number of nitriles is 1. The van der Waals surface area contributed by atoms with Crippen molar-refractivity contribution in [2.45, 2.75) is 32.6 Å². The summed E-state index contributed by atoms with van der Waals surface area (Å²) in [4.78, 5) is 7.29. The Morgan fingerprint density at radius 1 is 1.35 bits per heavy atom. The van der Waals surface area contributed by atoms with E-state index in [2.05, 4.69) is 10.5 Å². The van der Waals surface area contributed by atoms with Gasteiger partial charge in [0.1, 0.15) is 5.75 Å². The highest BCUT2D eigenvalue weighted by Gasteiger charge is 2.25. The van der Waals surface area contributed by atoms with E-state index in [9.17, 15) is 5.26 Å². The predicted octanol–water partition coefficient (Wildman–Crippen LogP) is 4.02. The third-order valence-electron chi connectivity index (χ3n) is 4.25. The zero-order valence-electron chi connectivity index (χ0n) is 13.0. The molecule has 1 aliphatic rings. The van der Waals surface area contributed by atoms with Crippen LogP contribution in [0.1, 0.15) is 29.6 Å². The minimum atomic E-state index is 0.361. The minimum absolute atomic E-state index is 0.361. The van der Waals surface area contributed by atoms with Crippen molar-refractivity contribution in [3.63, 3.8) is 0 Å². The number of hydrogen-bond donors (Lipinski definition) is 0. The molecule has 4 nitrogen and oxygen atoms in total. The SMILES string of the molecule is CCOc1ccccc1-c1nc2sc3c(n2c1CC#N)CCC3. The third-order valence-corrected chi connectivity index (χ3v) is 5.40. The van der Waals surface area contributed by atoms with Crippen molar-refractivity contribution >= 4 is 16.3 Å². The minimum Gasteiger partial charge on any atom is -0.493 e. The van der Waals surface area contributed by atoms with E-state index in [4.69, 9.17) is 9.72 Å². The van der Waals surface area contributed by atoms with Gasteiger partial charge in [-0.05, 0) is 38.3 Å². The fraction of sp³-hybridized carbons (Fsp3) is 0.333. The second-order valence-electron chi connectivity index (χ2n) is 5.61. The van der Waals surface area contributed by atoms with Crippen LogP contribution in [-0.4, -0.2) is 16.0 Å². The van der Waals surface area contributed by atoms with E-state index in [1.165, 1.54) is 17.0 Å². The Morgan fingerprint density at radius 3 is 3.04 bits per heavy atom. The first-order valence-corrected chi connectivity index (χ1v) is 8.76. The first kappa shape index (κ1) is 14.3. The fourth-order valence-corrected chi connectivity index (χ4v) is 4.56. The lowest BCUT2D eigenvalue weighted by Gasteiger charge is -2.09. The number of fused-ring (bicyclic) bond motifs is 3. The van der Waals surface area contributed by atoms with Crippen molar-refractivity contribution in [1.82, 2.24) is 9.38 Å². The maximum absolute atomic E-state index is 9.31. The van der Waals surface area contributed by atoms with E-state index in [0.29, 0.717) is 13.0 Å². The van der Waals surface area contributed by atoms with Crippen LogP contribution in [0.15, 0.2) is 24.3 Å². The van der Waals surface area contributed by atoms with Crippen LogP contribution in [-0.2, 0) is 19.3 Å². The number of aryl methyl sites for hydroxylation is 2. The highest BCUT2D eigenvalue weighted by Crippen LogP contribution is 2.38. The summed E-state index contributed by atoms with van der Waals surface area (Å²) in [6, 6.07) is 10.3. The zero-order chi connectivity index (χ0) is 15.8. The molecule has 5 heteroatoms. The Kier molecular flexibility index (Phi) is 3.55. The summed E-state index contributed by atoms with van der Waals surface area (Å²) in [6.07, 6.45) is 3.78. The second-order valence-corrected chi connectivity index (χ2v) is 6.68. The molecule has 2 heterocycles. The number of thiazole rings is 1. The van der Waals surface area contributed by atoms with Crippen molar-refractivity contribution in [2.24, 2.45) is 0 Å². The summed E-state index contributed by atoms with van der Waals surface area (Å²) in [5.41, 5.74) is 4.20. The smallest absolute Gasteiger partial charge is 0.194 e. The molecule has 0 N–H and O–H groups in total. The Hall–Kier alpha value is -2.32. The Bertz CT molecular complexity index is 916. The van der Waals surface area contributed by atoms with Gasteiger partial charge in [0.15, 0.2) is 4.96 Å². The Morgan fingerprint density at radius 2 is 2.22 bits per heavy atom. The van der Waals surface area contributed by atoms with Gasteiger partial charge in [0.2, 0.25) is 0 Å². The van der Waals surface area contributed by atoms with Crippen LogP contribution in [0.25, 0.3) is 16.2 Å². The molecule has 1 aliphatic carbocycles. The predicted molar refractivity (Wildman–Crippen MR) is 91.0 cm³/mol. The monoisotopic (exact) mass is 323 g/mol. The number of para-hydroxylation sites is 1. The molecule has 23 heavy (non-hydrogen) atoms. The van der Waals surface area contributed by atoms with Crippen molar-refractivity contribution < 1.29 is 4.74 Å². The van der Waals surface area contributed by atoms with Crippen molar-refractivity contribution in [3.8, 4) is 23.1 Å². The number of rotatable bonds is 4. The average molecular weight is 323 g/mol. The van der Waals surface area contributed by atoms with Gasteiger partial charge in [-0.15, -0.1) is 11.3 Å². The zero-order valence-corrected chi connectivity index (χ0v) is 13.8. The first-order valence-electron chi connectivity index (χ1n) is 7.94. The molecular formula is C18H17N3OS. The van der Waals surface area contributed by atoms with Crippen LogP contribution in [0.2, 0.25) is 0 Å². The highest BCUT2D eigenvalue weighted by atomic mass is 32.1. The van der Waals surface area contributed by atoms with E-state index in [1.807, 2.05) is 31.2 Å². The lowest BCUT2D eigenvalue weighted by atomic mass is 10.1. The number of ether oxygens (including phenoxy) is 1. The molecule has 2 aromatic heterocycles. The molecular weight excluding hydrogens is 306 g/mol. The normalized spacial score (nSPS) is 13.2. The summed E-state index contributed by atoms with van der Waals surface area (Å²) in [6.45, 7) is 2.59. The summed E-state index contributed by atoms with van der Waals surface area (Å²) in [5, 5.41) is 9.31. The Labute approximate surface area is 139 Å². The maximum atomic E-state index is 9.31. The summed E-state index contributed by atoms with van der Waals surface area (Å²) < 4.78 is 7.98. The quantitative estimate of drug-likeness (QED) is 0.729. The molecule has 0 unspecified atom stereocenters. The number of imidazole rings is 1. The standard InChI is InChI=1S/C18H17N3OS/c1-2-22-15-8-4-3-6-12(15)17-14(10-11-19)21-13-7-5-9-16(13)23-18(21)20-17/h3-4,6,8H,2,5,7,9-10H2,1H3. The number of hydrogen-bond acceptors (Lipinski definition) is 4. The van der Waals surface area contributed by atoms with Crippen LogP contribution >= 0.6 is 11.3 Å². The summed E-state index contributed by atoms with van der Waals surface area (Å²) in [7, 11) is 0. The number of benzene rings is 1. The topological polar surface area (TPSA) is 50.3 Å². The van der Waals surface area contributed by atoms with Gasteiger partial charge in [0, 0.05) is 16.1 Å². The Balaban J connectivity index is 1.96. The molecule has 3 aromatic rings. The lowest BCUT2D eigenvalue weighted by Crippen LogP contribution is -1.99. The molecule has 0 atom stereocenters. The molecule has 0 radical (unpaired) electrons. The van der Waals surface area contributed by atoms with E-state index < -0.39 is 0 Å². The number of nitrogens with zero attached hydrogens (tertiary/aromatic N) is 3. The van der Waals surface area contributed by atoms with Crippen molar-refractivity contribution in [3.05, 3.63) is 40.5 Å². The molecule has 0 fully saturated rings. The van der Waals surface area contributed by atoms with Crippen LogP contribution in [0.3, 0.4) is 0 Å². The van der Waals surface area contributed by atoms with Gasteiger partial charge in [0.05, 0.1) is 30.5 Å². The van der Waals surface area contributed by atoms with E-state index in [-0.39, 0.29) is 0 Å². The van der Waals surface area contributed by atoms with Crippen LogP contribution in [0, 0.1) is 11.3 Å². The molecule has 0 saturated heterocycles. The second kappa shape index (κ2) is 5.71. The lowest BCUT2D eigenvalue weighted by molar-refractivity contribution is 0.341. The number of aromatic nitrogens is 2. The molecule has 0 bridgehead atoms. The summed E-state index contributed by atoms with van der Waals surface area (Å²) in [5.74, 6) is 0.830. The molecule has 0 spiro atoms. The fourth-order valence-electron chi connectivity index (χ4n) is 3.33. The van der Waals surface area contributed by atoms with Gasteiger partial charge in [0.25, 0.3) is 0 Å². The van der Waals surface area contributed by atoms with Gasteiger partial charge in [-0.1, -0.05) is 12.1 Å². The van der Waals surface area contributed by atoms with Crippen LogP contribution < -0.4 is 4.74 Å². The first-order chi connectivity index (χ1) is 11.3. The third kappa shape index (κ3) is 2.22. The van der Waals surface area contributed by atoms with Gasteiger partial charge in [-0.3, -0.25) is 4.40 Å². The highest BCUT2D eigenvalue weighted by molar-refractivity contribution is 7.17. The average Bonchev–Trinajstić information content (AvgIpc) is 3.20. The largest absolute Gasteiger partial charge is 0.493 e. The molecule has 4 rings (SSSR count). The molecule has 0 saturated carbocycles. The van der Waals surface area contributed by atoms with E-state index in [1.54, 1.807) is 11.3 Å². The van der Waals surface area contributed by atoms with Gasteiger partial charge in [-0.25, -0.2) is 4.98 Å².